The van der Waals surface area contributed by atoms with E-state index in [1.165, 1.54) is 19.3 Å². The predicted molar refractivity (Wildman–Crippen MR) is 155 cm³/mol. The van der Waals surface area contributed by atoms with Crippen LogP contribution in [-0.4, -0.2) is 78.6 Å². The van der Waals surface area contributed by atoms with Gasteiger partial charge in [-0.3, -0.25) is 9.59 Å². The number of halogens is 1. The zero-order chi connectivity index (χ0) is 27.6. The molecule has 2 amide bonds. The zero-order valence-electron chi connectivity index (χ0n) is 22.7. The standard InChI is InChI=1S/C30H41IN2O6/c1-38-9-6-27(35)33(18-30-15-19-10-20(16-30)12-21(11-19)17-30)24-13-22(29(37)32-7-8-34)14-26(28(24)36)39-25-5-3-2-4-23(25)31/h2-5,14,19-21,24,26,28,34,36H,6-13,15-18H2,1H3,(H,32,37)/t19?,20?,21?,24-,26+,28+,30?/m1/s1. The number of methoxy groups -OCH3 is 1. The molecule has 5 aliphatic carbocycles. The Kier molecular flexibility index (Phi) is 9.20. The molecule has 0 unspecified atom stereocenters. The molecule has 0 aromatic heterocycles. The molecule has 9 heteroatoms. The van der Waals surface area contributed by atoms with Gasteiger partial charge in [0.25, 0.3) is 0 Å². The second kappa shape index (κ2) is 12.4. The average Bonchev–Trinajstić information content (AvgIpc) is 2.90. The Labute approximate surface area is 244 Å². The molecular formula is C30H41IN2O6. The lowest BCUT2D eigenvalue weighted by Gasteiger charge is -2.58. The van der Waals surface area contributed by atoms with Crippen LogP contribution in [0.25, 0.3) is 0 Å². The van der Waals surface area contributed by atoms with Crippen LogP contribution in [-0.2, 0) is 14.3 Å². The highest BCUT2D eigenvalue weighted by Crippen LogP contribution is 2.60. The van der Waals surface area contributed by atoms with E-state index in [9.17, 15) is 19.8 Å². The first-order chi connectivity index (χ1) is 18.8. The van der Waals surface area contributed by atoms with Crippen molar-refractivity contribution >= 4 is 34.4 Å². The summed E-state index contributed by atoms with van der Waals surface area (Å²) in [5, 5.41) is 23.7. The third-order valence-corrected chi connectivity index (χ3v) is 10.1. The lowest BCUT2D eigenvalue weighted by molar-refractivity contribution is -0.147. The molecule has 4 saturated carbocycles. The van der Waals surface area contributed by atoms with Gasteiger partial charge in [-0.1, -0.05) is 12.1 Å². The number of ether oxygens (including phenoxy) is 2. The van der Waals surface area contributed by atoms with Gasteiger partial charge in [0.15, 0.2) is 0 Å². The maximum Gasteiger partial charge on any atom is 0.247 e. The molecule has 3 atom stereocenters. The highest BCUT2D eigenvalue weighted by atomic mass is 127. The molecule has 0 saturated heterocycles. The number of hydrogen-bond acceptors (Lipinski definition) is 6. The van der Waals surface area contributed by atoms with E-state index in [4.69, 9.17) is 9.47 Å². The molecule has 1 aromatic carbocycles. The van der Waals surface area contributed by atoms with Crippen LogP contribution in [0.5, 0.6) is 5.75 Å². The van der Waals surface area contributed by atoms with Crippen LogP contribution in [0.1, 0.15) is 51.4 Å². The van der Waals surface area contributed by atoms with Gasteiger partial charge < -0.3 is 29.9 Å². The number of aliphatic hydroxyl groups is 2. The molecule has 3 N–H and O–H groups in total. The van der Waals surface area contributed by atoms with Gasteiger partial charge >= 0.3 is 0 Å². The number of aliphatic hydroxyl groups excluding tert-OH is 2. The lowest BCUT2D eigenvalue weighted by Crippen LogP contribution is -2.59. The van der Waals surface area contributed by atoms with Crippen molar-refractivity contribution < 1.29 is 29.3 Å². The van der Waals surface area contributed by atoms with Crippen LogP contribution in [0, 0.1) is 26.7 Å². The van der Waals surface area contributed by atoms with Crippen molar-refractivity contribution in [3.8, 4) is 5.75 Å². The number of rotatable bonds is 11. The molecule has 214 valence electrons. The minimum absolute atomic E-state index is 0.0540. The van der Waals surface area contributed by atoms with E-state index in [0.29, 0.717) is 24.5 Å². The van der Waals surface area contributed by atoms with Gasteiger partial charge in [0, 0.05) is 32.2 Å². The molecule has 8 nitrogen and oxygen atoms in total. The van der Waals surface area contributed by atoms with Crippen molar-refractivity contribution in [2.45, 2.75) is 69.6 Å². The number of nitrogens with zero attached hydrogens (tertiary/aromatic N) is 1. The fraction of sp³-hybridized carbons (Fsp3) is 0.667. The highest BCUT2D eigenvalue weighted by molar-refractivity contribution is 14.1. The summed E-state index contributed by atoms with van der Waals surface area (Å²) in [6.45, 7) is 0.874. The maximum absolute atomic E-state index is 13.8. The van der Waals surface area contributed by atoms with Crippen molar-refractivity contribution in [3.63, 3.8) is 0 Å². The first-order valence-corrected chi connectivity index (χ1v) is 15.4. The van der Waals surface area contributed by atoms with Crippen LogP contribution in [0.15, 0.2) is 35.9 Å². The lowest BCUT2D eigenvalue weighted by atomic mass is 9.49. The summed E-state index contributed by atoms with van der Waals surface area (Å²) in [5.74, 6) is 2.46. The molecule has 0 heterocycles. The average molecular weight is 653 g/mol. The Bertz CT molecular complexity index is 1040. The van der Waals surface area contributed by atoms with Gasteiger partial charge in [-0.25, -0.2) is 0 Å². The normalized spacial score (nSPS) is 33.0. The van der Waals surface area contributed by atoms with Crippen LogP contribution in [0.4, 0.5) is 0 Å². The molecule has 4 fully saturated rings. The summed E-state index contributed by atoms with van der Waals surface area (Å²) >= 11 is 2.19. The van der Waals surface area contributed by atoms with E-state index in [0.717, 1.165) is 40.6 Å². The van der Waals surface area contributed by atoms with Gasteiger partial charge in [0.05, 0.1) is 29.2 Å². The second-order valence-corrected chi connectivity index (χ2v) is 13.3. The number of benzene rings is 1. The highest BCUT2D eigenvalue weighted by Gasteiger charge is 2.53. The van der Waals surface area contributed by atoms with E-state index in [1.54, 1.807) is 13.2 Å². The van der Waals surface area contributed by atoms with Gasteiger partial charge in [0.1, 0.15) is 18.0 Å². The summed E-state index contributed by atoms with van der Waals surface area (Å²) in [7, 11) is 1.59. The van der Waals surface area contributed by atoms with Crippen LogP contribution in [0.2, 0.25) is 0 Å². The Hall–Kier alpha value is -1.69. The Morgan fingerprint density at radius 3 is 2.41 bits per heavy atom. The predicted octanol–water partition coefficient (Wildman–Crippen LogP) is 3.29. The number of para-hydroxylation sites is 1. The van der Waals surface area contributed by atoms with E-state index < -0.39 is 18.2 Å². The molecule has 4 bridgehead atoms. The van der Waals surface area contributed by atoms with Crippen molar-refractivity contribution in [3.05, 3.63) is 39.5 Å². The van der Waals surface area contributed by atoms with Gasteiger partial charge in [-0.05, 0) is 102 Å². The Balaban J connectivity index is 1.45. The molecule has 5 aliphatic rings. The fourth-order valence-corrected chi connectivity index (χ4v) is 8.55. The van der Waals surface area contributed by atoms with Gasteiger partial charge in [0.2, 0.25) is 11.8 Å². The summed E-state index contributed by atoms with van der Waals surface area (Å²) in [6, 6.07) is 6.95. The number of carbonyl (C=O) groups is 2. The van der Waals surface area contributed by atoms with E-state index in [2.05, 4.69) is 27.9 Å². The smallest absolute Gasteiger partial charge is 0.247 e. The zero-order valence-corrected chi connectivity index (χ0v) is 24.8. The monoisotopic (exact) mass is 652 g/mol. The Morgan fingerprint density at radius 2 is 1.79 bits per heavy atom. The Morgan fingerprint density at radius 1 is 1.13 bits per heavy atom. The van der Waals surface area contributed by atoms with Crippen molar-refractivity contribution in [1.29, 1.82) is 0 Å². The summed E-state index contributed by atoms with van der Waals surface area (Å²) in [5.41, 5.74) is 0.535. The summed E-state index contributed by atoms with van der Waals surface area (Å²) in [6.07, 6.45) is 7.68. The molecule has 0 aliphatic heterocycles. The molecule has 1 aromatic rings. The van der Waals surface area contributed by atoms with Crippen LogP contribution < -0.4 is 10.1 Å². The number of hydrogen-bond donors (Lipinski definition) is 3. The number of carbonyl (C=O) groups excluding carboxylic acids is 2. The minimum Gasteiger partial charge on any atom is -0.482 e. The molecule has 39 heavy (non-hydrogen) atoms. The largest absolute Gasteiger partial charge is 0.482 e. The van der Waals surface area contributed by atoms with Crippen LogP contribution in [0.3, 0.4) is 0 Å². The first kappa shape index (κ1) is 28.8. The van der Waals surface area contributed by atoms with E-state index in [-0.39, 0.29) is 43.2 Å². The number of amides is 2. The number of nitrogens with one attached hydrogen (secondary N) is 1. The molecule has 0 radical (unpaired) electrons. The minimum atomic E-state index is -1.00. The molecule has 6 rings (SSSR count). The van der Waals surface area contributed by atoms with E-state index in [1.807, 2.05) is 29.2 Å². The van der Waals surface area contributed by atoms with Crippen molar-refractivity contribution in [1.82, 2.24) is 10.2 Å². The fourth-order valence-electron chi connectivity index (χ4n) is 8.03. The topological polar surface area (TPSA) is 108 Å². The third-order valence-electron chi connectivity index (χ3n) is 9.23. The quantitative estimate of drug-likeness (QED) is 0.317. The molecule has 0 spiro atoms. The molecular weight excluding hydrogens is 611 g/mol. The van der Waals surface area contributed by atoms with Gasteiger partial charge in [-0.2, -0.15) is 0 Å². The first-order valence-electron chi connectivity index (χ1n) is 14.3. The summed E-state index contributed by atoms with van der Waals surface area (Å²) < 4.78 is 12.4. The van der Waals surface area contributed by atoms with E-state index >= 15 is 0 Å². The van der Waals surface area contributed by atoms with Crippen LogP contribution >= 0.6 is 22.6 Å². The summed E-state index contributed by atoms with van der Waals surface area (Å²) in [4.78, 5) is 28.7. The SMILES string of the molecule is COCCC(=O)N(CC12CC3CC(CC(C3)C1)C2)[C@@H]1CC(C(=O)NCCO)=C[C@H](Oc2ccccc2I)[C@H]1O. The van der Waals surface area contributed by atoms with Crippen molar-refractivity contribution in [2.75, 3.05) is 33.4 Å². The third kappa shape index (κ3) is 6.47. The second-order valence-electron chi connectivity index (χ2n) is 12.1. The van der Waals surface area contributed by atoms with Gasteiger partial charge in [-0.15, -0.1) is 0 Å². The van der Waals surface area contributed by atoms with Crippen molar-refractivity contribution in [2.24, 2.45) is 23.2 Å². The maximum atomic E-state index is 13.8.